The molecule has 0 radical (unpaired) electrons. The average molecular weight is 543 g/mol. The highest BCUT2D eigenvalue weighted by atomic mass is 14.9. The van der Waals surface area contributed by atoms with E-state index in [1.54, 1.807) is 0 Å². The summed E-state index contributed by atoms with van der Waals surface area (Å²) in [4.78, 5) is 4.71. The standard InChI is InChI=1S/C40H34N2/c1-39(2)32-23-25(34-17-9-11-21-41-34)19-20-28(32)26-13-6-8-16-30(26)37-38(39)36-29-15-7-5-14-27(29)31(24-33(36)40(37,3)4)35-18-10-12-22-42-35/h5-24,35,42H,1-4H3. The SMILES string of the molecule is CC1(C)C2=C(c3ccccc3-c3ccc(-c4ccccn4)cc31)C(C)(C)c1cc(C3C=CC=CN3)c3ccccc3c12. The Bertz CT molecular complexity index is 2000. The maximum atomic E-state index is 4.71. The smallest absolute Gasteiger partial charge is 0.0702 e. The van der Waals surface area contributed by atoms with E-state index >= 15 is 0 Å². The van der Waals surface area contributed by atoms with Crippen molar-refractivity contribution in [3.8, 4) is 22.4 Å². The molecule has 204 valence electrons. The van der Waals surface area contributed by atoms with Gasteiger partial charge in [-0.05, 0) is 91.3 Å². The number of allylic oxidation sites excluding steroid dienone is 4. The summed E-state index contributed by atoms with van der Waals surface area (Å²) in [6.45, 7) is 9.72. The van der Waals surface area contributed by atoms with E-state index in [1.807, 2.05) is 12.3 Å². The lowest BCUT2D eigenvalue weighted by molar-refractivity contribution is 0.688. The van der Waals surface area contributed by atoms with Crippen LogP contribution in [-0.2, 0) is 10.8 Å². The predicted octanol–water partition coefficient (Wildman–Crippen LogP) is 9.78. The molecule has 0 fully saturated rings. The second kappa shape index (κ2) is 8.90. The summed E-state index contributed by atoms with van der Waals surface area (Å²) < 4.78 is 0. The van der Waals surface area contributed by atoms with Crippen molar-refractivity contribution in [2.24, 2.45) is 0 Å². The number of fused-ring (bicyclic) bond motifs is 8. The topological polar surface area (TPSA) is 24.9 Å². The zero-order chi connectivity index (χ0) is 28.6. The number of dihydropyridines is 1. The molecular weight excluding hydrogens is 508 g/mol. The normalized spacial score (nSPS) is 19.0. The fraction of sp³-hybridized carbons (Fsp3) is 0.175. The number of rotatable bonds is 2. The third-order valence-electron chi connectivity index (χ3n) is 9.76. The largest absolute Gasteiger partial charge is 0.381 e. The van der Waals surface area contributed by atoms with Gasteiger partial charge in [-0.1, -0.05) is 113 Å². The Morgan fingerprint density at radius 1 is 0.643 bits per heavy atom. The highest BCUT2D eigenvalue weighted by molar-refractivity contribution is 6.15. The summed E-state index contributed by atoms with van der Waals surface area (Å²) in [7, 11) is 0. The van der Waals surface area contributed by atoms with Gasteiger partial charge in [0.2, 0.25) is 0 Å². The van der Waals surface area contributed by atoms with Crippen molar-refractivity contribution in [1.29, 1.82) is 0 Å². The van der Waals surface area contributed by atoms with Crippen LogP contribution < -0.4 is 5.32 Å². The van der Waals surface area contributed by atoms with E-state index < -0.39 is 0 Å². The second-order valence-electron chi connectivity index (χ2n) is 12.8. The van der Waals surface area contributed by atoms with Crippen molar-refractivity contribution in [2.75, 3.05) is 0 Å². The molecule has 1 atom stereocenters. The highest BCUT2D eigenvalue weighted by Gasteiger charge is 2.48. The minimum Gasteiger partial charge on any atom is -0.381 e. The lowest BCUT2D eigenvalue weighted by Gasteiger charge is -2.31. The number of aromatic nitrogens is 1. The Morgan fingerprint density at radius 3 is 2.14 bits per heavy atom. The van der Waals surface area contributed by atoms with Gasteiger partial charge in [-0.3, -0.25) is 4.98 Å². The average Bonchev–Trinajstić information content (AvgIpc) is 3.23. The summed E-state index contributed by atoms with van der Waals surface area (Å²) in [5, 5.41) is 6.25. The van der Waals surface area contributed by atoms with Crippen LogP contribution in [0.1, 0.15) is 61.6 Å². The van der Waals surface area contributed by atoms with E-state index in [-0.39, 0.29) is 16.9 Å². The molecular formula is C40H34N2. The van der Waals surface area contributed by atoms with Gasteiger partial charge in [0.1, 0.15) is 0 Å². The van der Waals surface area contributed by atoms with Crippen LogP contribution in [0.5, 0.6) is 0 Å². The van der Waals surface area contributed by atoms with E-state index in [0.29, 0.717) is 0 Å². The zero-order valence-corrected chi connectivity index (χ0v) is 24.6. The molecule has 2 heterocycles. The fourth-order valence-electron chi connectivity index (χ4n) is 7.79. The zero-order valence-electron chi connectivity index (χ0n) is 24.6. The Hall–Kier alpha value is -4.69. The molecule has 3 aliphatic rings. The summed E-state index contributed by atoms with van der Waals surface area (Å²) in [6.07, 6.45) is 10.4. The molecule has 0 amide bonds. The molecule has 1 unspecified atom stereocenters. The lowest BCUT2D eigenvalue weighted by Crippen LogP contribution is -2.20. The van der Waals surface area contributed by atoms with Crippen molar-refractivity contribution >= 4 is 21.9 Å². The van der Waals surface area contributed by atoms with E-state index in [2.05, 4.69) is 142 Å². The Morgan fingerprint density at radius 2 is 1.38 bits per heavy atom. The number of pyridine rings is 1. The van der Waals surface area contributed by atoms with Crippen molar-refractivity contribution in [2.45, 2.75) is 44.6 Å². The first kappa shape index (κ1) is 25.1. The fourth-order valence-corrected chi connectivity index (χ4v) is 7.79. The van der Waals surface area contributed by atoms with Gasteiger partial charge < -0.3 is 5.32 Å². The van der Waals surface area contributed by atoms with Gasteiger partial charge in [-0.25, -0.2) is 0 Å². The molecule has 0 saturated heterocycles. The van der Waals surface area contributed by atoms with E-state index in [1.165, 1.54) is 60.9 Å². The number of nitrogens with zero attached hydrogens (tertiary/aromatic N) is 1. The van der Waals surface area contributed by atoms with E-state index in [9.17, 15) is 0 Å². The van der Waals surface area contributed by atoms with E-state index in [4.69, 9.17) is 4.98 Å². The molecule has 0 bridgehead atoms. The van der Waals surface area contributed by atoms with Crippen LogP contribution in [0, 0.1) is 0 Å². The van der Waals surface area contributed by atoms with Crippen LogP contribution in [-0.4, -0.2) is 4.98 Å². The minimum atomic E-state index is -0.257. The van der Waals surface area contributed by atoms with Gasteiger partial charge in [0.05, 0.1) is 11.7 Å². The first-order valence-corrected chi connectivity index (χ1v) is 14.9. The quantitative estimate of drug-likeness (QED) is 0.240. The molecule has 1 N–H and O–H groups in total. The van der Waals surface area contributed by atoms with Crippen LogP contribution in [0.3, 0.4) is 0 Å². The third kappa shape index (κ3) is 3.42. The van der Waals surface area contributed by atoms with Crippen LogP contribution in [0.4, 0.5) is 0 Å². The number of nitrogens with one attached hydrogen (secondary N) is 1. The number of hydrogen-bond acceptors (Lipinski definition) is 2. The van der Waals surface area contributed by atoms with Crippen molar-refractivity contribution in [1.82, 2.24) is 10.3 Å². The molecule has 1 aliphatic heterocycles. The Kier molecular flexibility index (Phi) is 5.31. The van der Waals surface area contributed by atoms with Crippen molar-refractivity contribution in [3.63, 3.8) is 0 Å². The maximum Gasteiger partial charge on any atom is 0.0702 e. The van der Waals surface area contributed by atoms with Gasteiger partial charge in [0.15, 0.2) is 0 Å². The lowest BCUT2D eigenvalue weighted by atomic mass is 9.72. The third-order valence-corrected chi connectivity index (χ3v) is 9.76. The van der Waals surface area contributed by atoms with Crippen LogP contribution in [0.2, 0.25) is 0 Å². The monoisotopic (exact) mass is 542 g/mol. The van der Waals surface area contributed by atoms with Gasteiger partial charge in [0, 0.05) is 22.6 Å². The molecule has 1 aromatic heterocycles. The minimum absolute atomic E-state index is 0.142. The molecule has 0 spiro atoms. The van der Waals surface area contributed by atoms with Gasteiger partial charge >= 0.3 is 0 Å². The van der Waals surface area contributed by atoms with Crippen LogP contribution >= 0.6 is 0 Å². The van der Waals surface area contributed by atoms with Crippen LogP contribution in [0.25, 0.3) is 44.3 Å². The van der Waals surface area contributed by atoms with Gasteiger partial charge in [-0.15, -0.1) is 0 Å². The molecule has 2 nitrogen and oxygen atoms in total. The number of hydrogen-bond donors (Lipinski definition) is 1. The Labute approximate surface area is 248 Å². The van der Waals surface area contributed by atoms with Crippen molar-refractivity contribution in [3.05, 3.63) is 149 Å². The Balaban J connectivity index is 1.47. The first-order valence-electron chi connectivity index (χ1n) is 14.9. The summed E-state index contributed by atoms with van der Waals surface area (Å²) in [5.74, 6) is 0. The molecule has 42 heavy (non-hydrogen) atoms. The molecule has 5 aromatic rings. The van der Waals surface area contributed by atoms with E-state index in [0.717, 1.165) is 11.3 Å². The predicted molar refractivity (Wildman–Crippen MR) is 176 cm³/mol. The van der Waals surface area contributed by atoms with Crippen molar-refractivity contribution < 1.29 is 0 Å². The highest BCUT2D eigenvalue weighted by Crippen LogP contribution is 2.62. The molecule has 2 heteroatoms. The molecule has 2 aliphatic carbocycles. The number of benzene rings is 4. The van der Waals surface area contributed by atoms with Gasteiger partial charge in [-0.2, -0.15) is 0 Å². The second-order valence-corrected chi connectivity index (χ2v) is 12.8. The van der Waals surface area contributed by atoms with Crippen LogP contribution in [0.15, 0.2) is 122 Å². The summed E-state index contributed by atoms with van der Waals surface area (Å²) >= 11 is 0. The molecule has 4 aromatic carbocycles. The first-order chi connectivity index (χ1) is 20.4. The summed E-state index contributed by atoms with van der Waals surface area (Å²) in [6, 6.07) is 33.8. The summed E-state index contributed by atoms with van der Waals surface area (Å²) in [5.41, 5.74) is 14.1. The molecule has 8 rings (SSSR count). The van der Waals surface area contributed by atoms with Gasteiger partial charge in [0.25, 0.3) is 0 Å². The maximum absolute atomic E-state index is 4.71. The molecule has 0 saturated carbocycles.